The van der Waals surface area contributed by atoms with Gasteiger partial charge < -0.3 is 14.9 Å². The number of hydrogen-bond acceptors (Lipinski definition) is 3. The molecule has 0 aliphatic heterocycles. The molecule has 96 valence electrons. The van der Waals surface area contributed by atoms with E-state index in [1.807, 2.05) is 6.92 Å². The van der Waals surface area contributed by atoms with Gasteiger partial charge in [-0.1, -0.05) is 19.1 Å². The molecule has 0 aliphatic rings. The first-order chi connectivity index (χ1) is 8.12. The molecule has 0 spiro atoms. The van der Waals surface area contributed by atoms with Gasteiger partial charge in [-0.25, -0.2) is 4.39 Å². The molecule has 1 aromatic rings. The third kappa shape index (κ3) is 2.96. The van der Waals surface area contributed by atoms with Crippen molar-refractivity contribution in [1.29, 1.82) is 0 Å². The zero-order valence-corrected chi connectivity index (χ0v) is 10.2. The molecule has 0 saturated carbocycles. The van der Waals surface area contributed by atoms with Gasteiger partial charge in [-0.3, -0.25) is 0 Å². The molecule has 0 atom stereocenters. The van der Waals surface area contributed by atoms with Gasteiger partial charge in [-0.05, 0) is 24.5 Å². The monoisotopic (exact) mass is 242 g/mol. The fourth-order valence-corrected chi connectivity index (χ4v) is 1.76. The van der Waals surface area contributed by atoms with Crippen LogP contribution in [0.1, 0.15) is 18.9 Å². The molecule has 0 radical (unpaired) electrons. The molecule has 1 aromatic carbocycles. The number of benzene rings is 1. The zero-order valence-electron chi connectivity index (χ0n) is 10.2. The summed E-state index contributed by atoms with van der Waals surface area (Å²) in [5, 5.41) is 18.7. The fourth-order valence-electron chi connectivity index (χ4n) is 1.76. The van der Waals surface area contributed by atoms with Crippen LogP contribution >= 0.6 is 0 Å². The third-order valence-corrected chi connectivity index (χ3v) is 3.25. The summed E-state index contributed by atoms with van der Waals surface area (Å²) in [6.45, 7) is 1.53. The van der Waals surface area contributed by atoms with Gasteiger partial charge in [0.15, 0.2) is 11.6 Å². The van der Waals surface area contributed by atoms with E-state index in [1.54, 1.807) is 18.2 Å². The maximum absolute atomic E-state index is 13.9. The Balaban J connectivity index is 3.01. The molecular weight excluding hydrogens is 223 g/mol. The van der Waals surface area contributed by atoms with E-state index in [0.717, 1.165) is 0 Å². The van der Waals surface area contributed by atoms with Gasteiger partial charge in [0, 0.05) is 5.41 Å². The molecule has 0 aromatic heterocycles. The van der Waals surface area contributed by atoms with E-state index < -0.39 is 11.2 Å². The summed E-state index contributed by atoms with van der Waals surface area (Å²) in [6, 6.07) is 4.89. The van der Waals surface area contributed by atoms with Gasteiger partial charge in [0.25, 0.3) is 0 Å². The van der Waals surface area contributed by atoms with Gasteiger partial charge in [0.1, 0.15) is 0 Å². The molecule has 3 nitrogen and oxygen atoms in total. The highest BCUT2D eigenvalue weighted by molar-refractivity contribution is 5.31. The van der Waals surface area contributed by atoms with E-state index in [-0.39, 0.29) is 19.0 Å². The van der Waals surface area contributed by atoms with Gasteiger partial charge >= 0.3 is 0 Å². The number of ether oxygens (including phenoxy) is 1. The normalized spacial score (nSPS) is 11.6. The third-order valence-electron chi connectivity index (χ3n) is 3.25. The summed E-state index contributed by atoms with van der Waals surface area (Å²) in [7, 11) is 1.41. The van der Waals surface area contributed by atoms with Crippen LogP contribution in [0.15, 0.2) is 18.2 Å². The minimum Gasteiger partial charge on any atom is -0.494 e. The Hall–Kier alpha value is -1.13. The SMILES string of the molecule is CCC(CO)(CO)Cc1cccc(OC)c1F. The molecule has 4 heteroatoms. The number of halogens is 1. The van der Waals surface area contributed by atoms with Gasteiger partial charge in [0.05, 0.1) is 20.3 Å². The lowest BCUT2D eigenvalue weighted by molar-refractivity contribution is 0.0506. The minimum atomic E-state index is -0.673. The van der Waals surface area contributed by atoms with E-state index in [9.17, 15) is 14.6 Å². The number of rotatable bonds is 6. The van der Waals surface area contributed by atoms with Crippen molar-refractivity contribution in [2.75, 3.05) is 20.3 Å². The van der Waals surface area contributed by atoms with Crippen LogP contribution < -0.4 is 4.74 Å². The Morgan fingerprint density at radius 1 is 1.29 bits per heavy atom. The maximum Gasteiger partial charge on any atom is 0.168 e. The second-order valence-electron chi connectivity index (χ2n) is 4.28. The second kappa shape index (κ2) is 5.98. The number of hydrogen-bond donors (Lipinski definition) is 2. The maximum atomic E-state index is 13.9. The van der Waals surface area contributed by atoms with Crippen LogP contribution in [-0.4, -0.2) is 30.5 Å². The van der Waals surface area contributed by atoms with Crippen molar-refractivity contribution >= 4 is 0 Å². The number of methoxy groups -OCH3 is 1. The molecule has 0 saturated heterocycles. The number of aliphatic hydroxyl groups is 2. The number of aliphatic hydroxyl groups excluding tert-OH is 2. The lowest BCUT2D eigenvalue weighted by Gasteiger charge is -2.28. The first-order valence-corrected chi connectivity index (χ1v) is 5.65. The van der Waals surface area contributed by atoms with Gasteiger partial charge in [-0.15, -0.1) is 0 Å². The summed E-state index contributed by atoms with van der Waals surface area (Å²) in [5.74, 6) is -0.238. The summed E-state index contributed by atoms with van der Waals surface area (Å²) >= 11 is 0. The van der Waals surface area contributed by atoms with Crippen LogP contribution in [0, 0.1) is 11.2 Å². The van der Waals surface area contributed by atoms with E-state index in [1.165, 1.54) is 7.11 Å². The topological polar surface area (TPSA) is 49.7 Å². The lowest BCUT2D eigenvalue weighted by Crippen LogP contribution is -2.32. The van der Waals surface area contributed by atoms with E-state index in [4.69, 9.17) is 4.74 Å². The van der Waals surface area contributed by atoms with Crippen LogP contribution in [0.4, 0.5) is 4.39 Å². The molecule has 0 fully saturated rings. The highest BCUT2D eigenvalue weighted by atomic mass is 19.1. The Kier molecular flexibility index (Phi) is 4.90. The van der Waals surface area contributed by atoms with Crippen LogP contribution in [-0.2, 0) is 6.42 Å². The highest BCUT2D eigenvalue weighted by Crippen LogP contribution is 2.30. The second-order valence-corrected chi connectivity index (χ2v) is 4.28. The molecular formula is C13H19FO3. The van der Waals surface area contributed by atoms with Crippen molar-refractivity contribution < 1.29 is 19.3 Å². The Labute approximate surface area is 101 Å². The molecule has 2 N–H and O–H groups in total. The van der Waals surface area contributed by atoms with Crippen molar-refractivity contribution in [2.24, 2.45) is 5.41 Å². The molecule has 0 amide bonds. The molecule has 0 unspecified atom stereocenters. The summed E-state index contributed by atoms with van der Waals surface area (Å²) in [6.07, 6.45) is 0.871. The average molecular weight is 242 g/mol. The van der Waals surface area contributed by atoms with Crippen LogP contribution in [0.25, 0.3) is 0 Å². The predicted octanol–water partition coefficient (Wildman–Crippen LogP) is 1.76. The largest absolute Gasteiger partial charge is 0.494 e. The van der Waals surface area contributed by atoms with Crippen molar-refractivity contribution in [3.8, 4) is 5.75 Å². The highest BCUT2D eigenvalue weighted by Gasteiger charge is 2.28. The summed E-state index contributed by atoms with van der Waals surface area (Å²) in [5.41, 5.74) is -0.220. The van der Waals surface area contributed by atoms with E-state index >= 15 is 0 Å². The zero-order chi connectivity index (χ0) is 12.9. The van der Waals surface area contributed by atoms with E-state index in [2.05, 4.69) is 0 Å². The summed E-state index contributed by atoms with van der Waals surface area (Å²) in [4.78, 5) is 0. The van der Waals surface area contributed by atoms with Gasteiger partial charge in [-0.2, -0.15) is 0 Å². The molecule has 0 aliphatic carbocycles. The Morgan fingerprint density at radius 2 is 1.94 bits per heavy atom. The summed E-state index contributed by atoms with van der Waals surface area (Å²) < 4.78 is 18.8. The van der Waals surface area contributed by atoms with Gasteiger partial charge in [0.2, 0.25) is 0 Å². The Morgan fingerprint density at radius 3 is 2.41 bits per heavy atom. The van der Waals surface area contributed by atoms with E-state index in [0.29, 0.717) is 18.4 Å². The minimum absolute atomic E-state index is 0.170. The fraction of sp³-hybridized carbons (Fsp3) is 0.538. The van der Waals surface area contributed by atoms with Crippen molar-refractivity contribution in [1.82, 2.24) is 0 Å². The Bertz CT molecular complexity index is 353. The van der Waals surface area contributed by atoms with Crippen LogP contribution in [0.2, 0.25) is 0 Å². The first kappa shape index (κ1) is 13.9. The van der Waals surface area contributed by atoms with Crippen molar-refractivity contribution in [3.63, 3.8) is 0 Å². The predicted molar refractivity (Wildman–Crippen MR) is 63.6 cm³/mol. The van der Waals surface area contributed by atoms with Crippen molar-refractivity contribution in [3.05, 3.63) is 29.6 Å². The molecule has 17 heavy (non-hydrogen) atoms. The molecule has 0 heterocycles. The quantitative estimate of drug-likeness (QED) is 0.799. The first-order valence-electron chi connectivity index (χ1n) is 5.65. The van der Waals surface area contributed by atoms with Crippen LogP contribution in [0.3, 0.4) is 0 Å². The smallest absolute Gasteiger partial charge is 0.168 e. The van der Waals surface area contributed by atoms with Crippen molar-refractivity contribution in [2.45, 2.75) is 19.8 Å². The standard InChI is InChI=1S/C13H19FO3/c1-3-13(8-15,9-16)7-10-5-4-6-11(17-2)12(10)14/h4-6,15-16H,3,7-9H2,1-2H3. The average Bonchev–Trinajstić information content (AvgIpc) is 2.38. The lowest BCUT2D eigenvalue weighted by atomic mass is 9.80. The molecule has 1 rings (SSSR count). The molecule has 0 bridgehead atoms. The van der Waals surface area contributed by atoms with Crippen LogP contribution in [0.5, 0.6) is 5.75 Å².